The fourth-order valence-corrected chi connectivity index (χ4v) is 8.14. The number of β-lactam (4-membered cyclic amide) rings is 1. The molecule has 4 rings (SSSR count). The summed E-state index contributed by atoms with van der Waals surface area (Å²) in [5.74, 6) is -2.65. The summed E-state index contributed by atoms with van der Waals surface area (Å²) in [6.07, 6.45) is 0.140. The number of carbonyl (C=O) groups excluding carboxylic acids is 3. The summed E-state index contributed by atoms with van der Waals surface area (Å²) in [5, 5.41) is 23.3. The van der Waals surface area contributed by atoms with Crippen LogP contribution >= 0.6 is 46.2 Å². The zero-order valence-electron chi connectivity index (χ0n) is 18.5. The number of amides is 2. The van der Waals surface area contributed by atoms with Crippen LogP contribution in [0.25, 0.3) is 0 Å². The number of aromatic nitrogens is 2. The summed E-state index contributed by atoms with van der Waals surface area (Å²) in [6.45, 7) is 0. The predicted octanol–water partition coefficient (Wildman–Crippen LogP) is -6.61. The van der Waals surface area contributed by atoms with Crippen LogP contribution in [0.3, 0.4) is 0 Å². The van der Waals surface area contributed by atoms with Gasteiger partial charge in [0.1, 0.15) is 26.5 Å². The van der Waals surface area contributed by atoms with Crippen molar-refractivity contribution >= 4 is 74.1 Å². The third kappa shape index (κ3) is 7.77. The average Bonchev–Trinajstić information content (AvgIpc) is 3.40. The number of hydrogen-bond acceptors (Lipinski definition) is 13. The monoisotopic (exact) mass is 592 g/mol. The molecule has 0 spiro atoms. The van der Waals surface area contributed by atoms with E-state index >= 15 is 0 Å². The van der Waals surface area contributed by atoms with E-state index in [0.29, 0.717) is 15.7 Å². The Labute approximate surface area is 261 Å². The molecule has 18 heteroatoms. The molecule has 2 aromatic heterocycles. The van der Waals surface area contributed by atoms with Crippen molar-refractivity contribution in [1.29, 1.82) is 0 Å². The van der Waals surface area contributed by atoms with Crippen LogP contribution in [0.2, 0.25) is 0 Å². The van der Waals surface area contributed by atoms with Gasteiger partial charge in [0.25, 0.3) is 5.91 Å². The number of hydrogen-bond donors (Lipinski definition) is 1. The second-order valence-corrected chi connectivity index (χ2v) is 12.7. The number of carboxylic acids is 1. The van der Waals surface area contributed by atoms with E-state index in [1.165, 1.54) is 23.1 Å². The molecule has 1 unspecified atom stereocenters. The fraction of sp³-hybridized carbons (Fsp3) is 0.353. The summed E-state index contributed by atoms with van der Waals surface area (Å²) in [6, 6.07) is 2.83. The second kappa shape index (κ2) is 13.2. The molecule has 1 fully saturated rings. The van der Waals surface area contributed by atoms with Gasteiger partial charge in [0.15, 0.2) is 4.34 Å². The molecule has 35 heavy (non-hydrogen) atoms. The Morgan fingerprint density at radius 3 is 2.66 bits per heavy atom. The maximum Gasteiger partial charge on any atom is 1.00 e. The largest absolute Gasteiger partial charge is 1.00 e. The summed E-state index contributed by atoms with van der Waals surface area (Å²) in [4.78, 5) is 38.7. The van der Waals surface area contributed by atoms with Crippen molar-refractivity contribution in [2.75, 3.05) is 11.5 Å². The van der Waals surface area contributed by atoms with Gasteiger partial charge in [-0.3, -0.25) is 14.5 Å². The number of rotatable bonds is 9. The molecule has 1 N–H and O–H groups in total. The maximum atomic E-state index is 12.7. The predicted molar refractivity (Wildman–Crippen MR) is 119 cm³/mol. The summed E-state index contributed by atoms with van der Waals surface area (Å²) in [5.41, 5.74) is 0.207. The maximum absolute atomic E-state index is 12.7. The molecule has 176 valence electrons. The molecule has 0 radical (unpaired) electrons. The molecule has 2 atom stereocenters. The molecular formula is C17H14N4Na2O7S5. The van der Waals surface area contributed by atoms with Crippen LogP contribution in [0, 0.1) is 0 Å². The van der Waals surface area contributed by atoms with Gasteiger partial charge in [-0.05, 0) is 17.0 Å². The van der Waals surface area contributed by atoms with E-state index < -0.39 is 39.2 Å². The minimum absolute atomic E-state index is 0. The molecule has 11 nitrogen and oxygen atoms in total. The van der Waals surface area contributed by atoms with Crippen LogP contribution in [-0.4, -0.2) is 68.8 Å². The number of nitrogens with one attached hydrogen (secondary N) is 1. The number of thioether (sulfide) groups is 2. The fourth-order valence-electron chi connectivity index (χ4n) is 3.23. The van der Waals surface area contributed by atoms with E-state index in [1.807, 2.05) is 17.5 Å². The van der Waals surface area contributed by atoms with Crippen LogP contribution in [-0.2, 0) is 36.7 Å². The van der Waals surface area contributed by atoms with Gasteiger partial charge in [0.2, 0.25) is 5.91 Å². The Morgan fingerprint density at radius 1 is 1.29 bits per heavy atom. The molecule has 4 heterocycles. The van der Waals surface area contributed by atoms with Crippen LogP contribution in [0.1, 0.15) is 9.88 Å². The number of thiophene rings is 1. The standard InChI is InChI=1S/C17H16N4O7S5.2Na/c22-10(4-9-2-1-3-29-9)18-12-14(23)21-13(16(24)25)8(5-30-15(12)21)6-31-17-20-19-11(32-17)7-33(26,27)28;;/h1-3,12,15H,4-7H2,(H,18,22)(H,24,25)(H,26,27,28);;/q;2*+1/p-2/t12?,15-;;/m1../s1. The summed E-state index contributed by atoms with van der Waals surface area (Å²) < 4.78 is 32.9. The quantitative estimate of drug-likeness (QED) is 0.127. The van der Waals surface area contributed by atoms with Crippen molar-refractivity contribution in [2.45, 2.75) is 27.9 Å². The van der Waals surface area contributed by atoms with E-state index in [-0.39, 0.29) is 87.9 Å². The van der Waals surface area contributed by atoms with E-state index in [1.54, 1.807) is 0 Å². The number of fused-ring (bicyclic) bond motifs is 1. The Morgan fingerprint density at radius 2 is 2.03 bits per heavy atom. The third-order valence-corrected chi connectivity index (χ3v) is 9.76. The summed E-state index contributed by atoms with van der Waals surface area (Å²) in [7, 11) is -4.48. The second-order valence-electron chi connectivity index (χ2n) is 6.90. The molecule has 2 amide bonds. The molecule has 2 aliphatic rings. The topological polar surface area (TPSA) is 173 Å². The molecule has 0 aliphatic carbocycles. The Balaban J connectivity index is 0.00000216. The summed E-state index contributed by atoms with van der Waals surface area (Å²) >= 11 is 4.80. The van der Waals surface area contributed by atoms with Crippen molar-refractivity contribution in [3.63, 3.8) is 0 Å². The van der Waals surface area contributed by atoms with Gasteiger partial charge in [-0.2, -0.15) is 0 Å². The van der Waals surface area contributed by atoms with Gasteiger partial charge in [0.05, 0.1) is 23.8 Å². The first-order valence-corrected chi connectivity index (χ1v) is 14.5. The Kier molecular flexibility index (Phi) is 11.8. The van der Waals surface area contributed by atoms with E-state index in [4.69, 9.17) is 0 Å². The Bertz CT molecular complexity index is 1240. The first-order chi connectivity index (χ1) is 15.6. The van der Waals surface area contributed by atoms with Crippen LogP contribution in [0.15, 0.2) is 33.1 Å². The molecular weight excluding hydrogens is 579 g/mol. The molecule has 0 saturated carbocycles. The molecule has 0 bridgehead atoms. The molecule has 0 aromatic carbocycles. The normalized spacial score (nSPS) is 19.2. The zero-order valence-corrected chi connectivity index (χ0v) is 26.5. The van der Waals surface area contributed by atoms with Crippen LogP contribution < -0.4 is 69.5 Å². The molecule has 2 aromatic rings. The number of nitrogens with zero attached hydrogens (tertiary/aromatic N) is 3. The van der Waals surface area contributed by atoms with Crippen molar-refractivity contribution in [2.24, 2.45) is 0 Å². The Hall–Kier alpha value is 0.0200. The van der Waals surface area contributed by atoms with Crippen molar-refractivity contribution in [3.8, 4) is 0 Å². The van der Waals surface area contributed by atoms with Gasteiger partial charge in [-0.15, -0.1) is 33.3 Å². The van der Waals surface area contributed by atoms with Crippen LogP contribution in [0.5, 0.6) is 0 Å². The van der Waals surface area contributed by atoms with E-state index in [9.17, 15) is 32.5 Å². The van der Waals surface area contributed by atoms with Gasteiger partial charge in [-0.25, -0.2) is 8.42 Å². The van der Waals surface area contributed by atoms with E-state index in [0.717, 1.165) is 32.9 Å². The zero-order chi connectivity index (χ0) is 23.8. The first-order valence-electron chi connectivity index (χ1n) is 9.21. The first kappa shape index (κ1) is 31.2. The number of carboxylic acid groups (broad SMARTS) is 1. The minimum Gasteiger partial charge on any atom is -0.748 e. The van der Waals surface area contributed by atoms with Gasteiger partial charge < -0.3 is 19.8 Å². The van der Waals surface area contributed by atoms with Crippen molar-refractivity contribution < 1.29 is 91.6 Å². The van der Waals surface area contributed by atoms with Crippen molar-refractivity contribution in [3.05, 3.63) is 38.7 Å². The minimum atomic E-state index is -4.48. The third-order valence-electron chi connectivity index (χ3n) is 4.59. The van der Waals surface area contributed by atoms with Gasteiger partial charge in [-0.1, -0.05) is 29.2 Å². The number of carbonyl (C=O) groups is 3. The van der Waals surface area contributed by atoms with Gasteiger partial charge in [0, 0.05) is 16.4 Å². The van der Waals surface area contributed by atoms with Crippen LogP contribution in [0.4, 0.5) is 0 Å². The van der Waals surface area contributed by atoms with Crippen molar-refractivity contribution in [1.82, 2.24) is 20.4 Å². The van der Waals surface area contributed by atoms with E-state index in [2.05, 4.69) is 15.5 Å². The SMILES string of the molecule is O=C(Cc1cccs1)NC1C(=O)N2C(C(=O)[O-])=C(CSc3nnc(CS(=O)(=O)[O-])s3)CS[C@H]12.[Na+].[Na+]. The molecule has 2 aliphatic heterocycles. The number of aliphatic carboxylic acids is 1. The average molecular weight is 593 g/mol. The smallest absolute Gasteiger partial charge is 0.748 e. The van der Waals surface area contributed by atoms with Gasteiger partial charge >= 0.3 is 59.1 Å². The molecule has 1 saturated heterocycles.